The molecule has 0 atom stereocenters. The lowest BCUT2D eigenvalue weighted by Crippen LogP contribution is -2.40. The number of pyridine rings is 1. The number of halogens is 1. The molecule has 5 nitrogen and oxygen atoms in total. The number of fused-ring (bicyclic) bond motifs is 2. The van der Waals surface area contributed by atoms with Crippen molar-refractivity contribution in [2.45, 2.75) is 13.1 Å². The largest absolute Gasteiger partial charge is 0.332 e. The van der Waals surface area contributed by atoms with Crippen LogP contribution in [0.5, 0.6) is 0 Å². The van der Waals surface area contributed by atoms with E-state index in [4.69, 9.17) is 11.6 Å². The van der Waals surface area contributed by atoms with Crippen LogP contribution in [0.1, 0.15) is 11.1 Å². The van der Waals surface area contributed by atoms with Crippen LogP contribution in [0.15, 0.2) is 94.6 Å². The second kappa shape index (κ2) is 7.85. The SMILES string of the molecule is O=c1c2ncccc2n(Cc2cccc3ccccc23)c(=O)n1Cc1ccc(Cl)cc1. The Labute approximate surface area is 182 Å². The molecule has 0 amide bonds. The van der Waals surface area contributed by atoms with Gasteiger partial charge in [-0.15, -0.1) is 0 Å². The third-order valence-corrected chi connectivity index (χ3v) is 5.70. The van der Waals surface area contributed by atoms with E-state index >= 15 is 0 Å². The van der Waals surface area contributed by atoms with Crippen molar-refractivity contribution in [3.63, 3.8) is 0 Å². The first-order chi connectivity index (χ1) is 15.1. The van der Waals surface area contributed by atoms with Crippen LogP contribution in [0, 0.1) is 0 Å². The van der Waals surface area contributed by atoms with Gasteiger partial charge in [0.25, 0.3) is 5.56 Å². The number of aromatic nitrogens is 3. The van der Waals surface area contributed by atoms with Crippen LogP contribution in [-0.4, -0.2) is 14.1 Å². The van der Waals surface area contributed by atoms with Crippen molar-refractivity contribution in [1.29, 1.82) is 0 Å². The molecule has 0 spiro atoms. The van der Waals surface area contributed by atoms with E-state index in [0.29, 0.717) is 17.1 Å². The van der Waals surface area contributed by atoms with Crippen molar-refractivity contribution in [2.75, 3.05) is 0 Å². The third-order valence-electron chi connectivity index (χ3n) is 5.45. The van der Waals surface area contributed by atoms with Gasteiger partial charge in [0.15, 0.2) is 5.52 Å². The molecule has 0 bridgehead atoms. The summed E-state index contributed by atoms with van der Waals surface area (Å²) in [6, 6.07) is 24.7. The van der Waals surface area contributed by atoms with Crippen molar-refractivity contribution in [3.8, 4) is 0 Å². The summed E-state index contributed by atoms with van der Waals surface area (Å²) in [7, 11) is 0. The van der Waals surface area contributed by atoms with Crippen LogP contribution in [0.2, 0.25) is 5.02 Å². The summed E-state index contributed by atoms with van der Waals surface area (Å²) >= 11 is 5.97. The van der Waals surface area contributed by atoms with Gasteiger partial charge in [0.1, 0.15) is 0 Å². The summed E-state index contributed by atoms with van der Waals surface area (Å²) in [5.74, 6) is 0. The Hall–Kier alpha value is -3.70. The highest BCUT2D eigenvalue weighted by atomic mass is 35.5. The van der Waals surface area contributed by atoms with Gasteiger partial charge in [-0.05, 0) is 46.2 Å². The van der Waals surface area contributed by atoms with Crippen LogP contribution >= 0.6 is 11.6 Å². The summed E-state index contributed by atoms with van der Waals surface area (Å²) < 4.78 is 2.87. The Morgan fingerprint density at radius 2 is 1.55 bits per heavy atom. The lowest BCUT2D eigenvalue weighted by Gasteiger charge is -2.15. The molecule has 0 aliphatic carbocycles. The smallest absolute Gasteiger partial charge is 0.287 e. The van der Waals surface area contributed by atoms with E-state index in [1.807, 2.05) is 54.6 Å². The van der Waals surface area contributed by atoms with Gasteiger partial charge in [-0.1, -0.05) is 66.2 Å². The number of benzene rings is 3. The van der Waals surface area contributed by atoms with E-state index in [2.05, 4.69) is 4.98 Å². The normalized spacial score (nSPS) is 11.3. The van der Waals surface area contributed by atoms with Crippen LogP contribution in [-0.2, 0) is 13.1 Å². The van der Waals surface area contributed by atoms with Crippen molar-refractivity contribution in [3.05, 3.63) is 122 Å². The third kappa shape index (κ3) is 3.53. The number of hydrogen-bond donors (Lipinski definition) is 0. The molecule has 0 aliphatic rings. The van der Waals surface area contributed by atoms with Gasteiger partial charge in [-0.2, -0.15) is 0 Å². The molecule has 0 saturated carbocycles. The molecule has 0 N–H and O–H groups in total. The minimum Gasteiger partial charge on any atom is -0.287 e. The first kappa shape index (κ1) is 19.3. The zero-order valence-electron chi connectivity index (χ0n) is 16.5. The van der Waals surface area contributed by atoms with Crippen LogP contribution in [0.4, 0.5) is 0 Å². The van der Waals surface area contributed by atoms with Crippen LogP contribution in [0.25, 0.3) is 21.8 Å². The second-order valence-electron chi connectivity index (χ2n) is 7.40. The predicted molar refractivity (Wildman–Crippen MR) is 124 cm³/mol. The molecule has 0 saturated heterocycles. The highest BCUT2D eigenvalue weighted by Crippen LogP contribution is 2.20. The maximum atomic E-state index is 13.5. The quantitative estimate of drug-likeness (QED) is 0.425. The predicted octanol–water partition coefficient (Wildman–Crippen LogP) is 4.46. The summed E-state index contributed by atoms with van der Waals surface area (Å²) in [6.07, 6.45) is 1.57. The molecule has 31 heavy (non-hydrogen) atoms. The lowest BCUT2D eigenvalue weighted by molar-refractivity contribution is 0.634. The van der Waals surface area contributed by atoms with Crippen LogP contribution in [0.3, 0.4) is 0 Å². The molecule has 2 heterocycles. The Balaban J connectivity index is 1.71. The van der Waals surface area contributed by atoms with Crippen LogP contribution < -0.4 is 11.2 Å². The molecule has 5 rings (SSSR count). The minimum atomic E-state index is -0.398. The van der Waals surface area contributed by atoms with Gasteiger partial charge in [-0.25, -0.2) is 9.78 Å². The Morgan fingerprint density at radius 3 is 2.39 bits per heavy atom. The topological polar surface area (TPSA) is 56.9 Å². The maximum Gasteiger partial charge on any atom is 0.332 e. The van der Waals surface area contributed by atoms with Gasteiger partial charge >= 0.3 is 5.69 Å². The number of hydrogen-bond acceptors (Lipinski definition) is 3. The van der Waals surface area contributed by atoms with E-state index in [9.17, 15) is 9.59 Å². The standard InChI is InChI=1S/C25H18ClN3O2/c26-20-12-10-17(11-13-20)15-29-24(30)23-22(9-4-14-27-23)28(25(29)31)16-19-7-3-6-18-5-1-2-8-21(18)19/h1-14H,15-16H2. The first-order valence-electron chi connectivity index (χ1n) is 9.91. The van der Waals surface area contributed by atoms with Gasteiger partial charge < -0.3 is 0 Å². The van der Waals surface area contributed by atoms with Crippen molar-refractivity contribution in [1.82, 2.24) is 14.1 Å². The molecule has 5 aromatic rings. The zero-order chi connectivity index (χ0) is 21.4. The molecule has 2 aromatic heterocycles. The molecule has 0 aliphatic heterocycles. The molecule has 0 unspecified atom stereocenters. The molecule has 0 radical (unpaired) electrons. The van der Waals surface area contributed by atoms with E-state index in [0.717, 1.165) is 21.9 Å². The molecule has 0 fully saturated rings. The van der Waals surface area contributed by atoms with E-state index < -0.39 is 5.56 Å². The second-order valence-corrected chi connectivity index (χ2v) is 7.83. The van der Waals surface area contributed by atoms with E-state index in [1.54, 1.807) is 35.0 Å². The molecule has 3 aromatic carbocycles. The monoisotopic (exact) mass is 427 g/mol. The molecule has 152 valence electrons. The van der Waals surface area contributed by atoms with Gasteiger partial charge in [0.2, 0.25) is 0 Å². The first-order valence-corrected chi connectivity index (χ1v) is 10.3. The van der Waals surface area contributed by atoms with Gasteiger partial charge in [0, 0.05) is 11.2 Å². The fourth-order valence-corrected chi connectivity index (χ4v) is 4.03. The van der Waals surface area contributed by atoms with Crippen molar-refractivity contribution >= 4 is 33.4 Å². The van der Waals surface area contributed by atoms with Crippen molar-refractivity contribution < 1.29 is 0 Å². The Bertz CT molecular complexity index is 1530. The Morgan fingerprint density at radius 1 is 0.774 bits per heavy atom. The average molecular weight is 428 g/mol. The molecule has 6 heteroatoms. The van der Waals surface area contributed by atoms with E-state index in [1.165, 1.54) is 4.57 Å². The van der Waals surface area contributed by atoms with Gasteiger partial charge in [-0.3, -0.25) is 13.9 Å². The lowest BCUT2D eigenvalue weighted by atomic mass is 10.0. The fraction of sp³-hybridized carbons (Fsp3) is 0.0800. The molecular formula is C25H18ClN3O2. The number of nitrogens with zero attached hydrogens (tertiary/aromatic N) is 3. The van der Waals surface area contributed by atoms with Crippen molar-refractivity contribution in [2.24, 2.45) is 0 Å². The number of rotatable bonds is 4. The maximum absolute atomic E-state index is 13.5. The Kier molecular flexibility index (Phi) is 4.88. The highest BCUT2D eigenvalue weighted by Gasteiger charge is 2.15. The summed E-state index contributed by atoms with van der Waals surface area (Å²) in [4.78, 5) is 30.9. The summed E-state index contributed by atoms with van der Waals surface area (Å²) in [5, 5.41) is 2.78. The van der Waals surface area contributed by atoms with E-state index in [-0.39, 0.29) is 17.8 Å². The molecular weight excluding hydrogens is 410 g/mol. The summed E-state index contributed by atoms with van der Waals surface area (Å²) in [5.41, 5.74) is 1.85. The minimum absolute atomic E-state index is 0.150. The highest BCUT2D eigenvalue weighted by molar-refractivity contribution is 6.30. The zero-order valence-corrected chi connectivity index (χ0v) is 17.3. The fourth-order valence-electron chi connectivity index (χ4n) is 3.91. The summed E-state index contributed by atoms with van der Waals surface area (Å²) in [6.45, 7) is 0.486. The average Bonchev–Trinajstić information content (AvgIpc) is 2.81. The van der Waals surface area contributed by atoms with Gasteiger partial charge in [0.05, 0.1) is 18.6 Å².